The minimum absolute atomic E-state index is 1.36. The van der Waals surface area contributed by atoms with Gasteiger partial charge in [0.2, 0.25) is 0 Å². The molecule has 2 unspecified atom stereocenters. The van der Waals surface area contributed by atoms with Gasteiger partial charge in [-0.05, 0) is 13.8 Å². The van der Waals surface area contributed by atoms with Crippen LogP contribution >= 0.6 is 25.3 Å². The van der Waals surface area contributed by atoms with E-state index in [1.54, 1.807) is 0 Å². The SMILES string of the molecule is CC(O)(S)C(C)(O)S. The fourth-order valence-corrected chi connectivity index (χ4v) is 0. The topological polar surface area (TPSA) is 40.5 Å². The summed E-state index contributed by atoms with van der Waals surface area (Å²) in [6.07, 6.45) is 0. The van der Waals surface area contributed by atoms with Crippen LogP contribution in [0.5, 0.6) is 0 Å². The van der Waals surface area contributed by atoms with Gasteiger partial charge in [-0.25, -0.2) is 0 Å². The molecular formula is C4H10O2S2. The zero-order chi connectivity index (χ0) is 7.00. The molecule has 2 nitrogen and oxygen atoms in total. The van der Waals surface area contributed by atoms with Crippen molar-refractivity contribution in [1.82, 2.24) is 0 Å². The van der Waals surface area contributed by atoms with Gasteiger partial charge in [-0.15, -0.1) is 25.3 Å². The summed E-state index contributed by atoms with van der Waals surface area (Å²) >= 11 is 7.33. The molecule has 0 radical (unpaired) electrons. The second-order valence-electron chi connectivity index (χ2n) is 2.04. The van der Waals surface area contributed by atoms with Crippen LogP contribution in [0.4, 0.5) is 0 Å². The van der Waals surface area contributed by atoms with E-state index in [1.165, 1.54) is 13.8 Å². The fraction of sp³-hybridized carbons (Fsp3) is 1.00. The predicted octanol–water partition coefficient (Wildman–Crippen LogP) is 0.263. The van der Waals surface area contributed by atoms with E-state index in [9.17, 15) is 0 Å². The molecule has 4 heteroatoms. The third kappa shape index (κ3) is 2.26. The maximum Gasteiger partial charge on any atom is 0.142 e. The summed E-state index contributed by atoms with van der Waals surface area (Å²) in [4.78, 5) is -2.90. The first-order valence-corrected chi connectivity index (χ1v) is 3.04. The van der Waals surface area contributed by atoms with Crippen LogP contribution in [0.1, 0.15) is 13.8 Å². The smallest absolute Gasteiger partial charge is 0.142 e. The largest absolute Gasteiger partial charge is 0.376 e. The van der Waals surface area contributed by atoms with E-state index in [-0.39, 0.29) is 0 Å². The molecule has 0 aliphatic heterocycles. The molecule has 50 valence electrons. The van der Waals surface area contributed by atoms with E-state index in [0.29, 0.717) is 0 Å². The molecule has 0 bridgehead atoms. The molecule has 8 heavy (non-hydrogen) atoms. The Morgan fingerprint density at radius 3 is 1.12 bits per heavy atom. The van der Waals surface area contributed by atoms with E-state index in [2.05, 4.69) is 25.3 Å². The summed E-state index contributed by atoms with van der Waals surface area (Å²) in [5.41, 5.74) is 0. The van der Waals surface area contributed by atoms with Crippen molar-refractivity contribution < 1.29 is 10.2 Å². The number of aliphatic hydroxyl groups is 2. The molecule has 2 atom stereocenters. The lowest BCUT2D eigenvalue weighted by molar-refractivity contribution is -0.00466. The van der Waals surface area contributed by atoms with Crippen molar-refractivity contribution in [3.8, 4) is 0 Å². The maximum absolute atomic E-state index is 8.89. The summed E-state index contributed by atoms with van der Waals surface area (Å²) in [5, 5.41) is 17.8. The van der Waals surface area contributed by atoms with Crippen LogP contribution in [0.2, 0.25) is 0 Å². The highest BCUT2D eigenvalue weighted by molar-refractivity contribution is 7.86. The summed E-state index contributed by atoms with van der Waals surface area (Å²) in [6.45, 7) is 2.73. The van der Waals surface area contributed by atoms with Gasteiger partial charge in [-0.2, -0.15) is 0 Å². The first-order chi connectivity index (χ1) is 3.25. The van der Waals surface area contributed by atoms with Gasteiger partial charge in [0, 0.05) is 0 Å². The Balaban J connectivity index is 4.02. The molecule has 0 amide bonds. The van der Waals surface area contributed by atoms with Gasteiger partial charge in [0.15, 0.2) is 0 Å². The molecule has 0 rings (SSSR count). The van der Waals surface area contributed by atoms with Crippen molar-refractivity contribution in [2.45, 2.75) is 23.7 Å². The Morgan fingerprint density at radius 2 is 1.12 bits per heavy atom. The minimum Gasteiger partial charge on any atom is -0.376 e. The molecule has 0 aromatic heterocycles. The van der Waals surface area contributed by atoms with E-state index in [4.69, 9.17) is 10.2 Å². The van der Waals surface area contributed by atoms with Crippen molar-refractivity contribution in [2.24, 2.45) is 0 Å². The van der Waals surface area contributed by atoms with Crippen LogP contribution < -0.4 is 0 Å². The molecule has 0 aliphatic carbocycles. The lowest BCUT2D eigenvalue weighted by Gasteiger charge is -2.29. The monoisotopic (exact) mass is 154 g/mol. The van der Waals surface area contributed by atoms with Gasteiger partial charge in [0.05, 0.1) is 0 Å². The van der Waals surface area contributed by atoms with Crippen molar-refractivity contribution in [3.63, 3.8) is 0 Å². The molecule has 0 spiro atoms. The lowest BCUT2D eigenvalue weighted by Crippen LogP contribution is -2.40. The second-order valence-corrected chi connectivity index (χ2v) is 3.78. The number of thiol groups is 2. The highest BCUT2D eigenvalue weighted by Gasteiger charge is 2.34. The lowest BCUT2D eigenvalue weighted by atomic mass is 10.2. The van der Waals surface area contributed by atoms with Gasteiger partial charge in [-0.1, -0.05) is 0 Å². The van der Waals surface area contributed by atoms with Gasteiger partial charge in [-0.3, -0.25) is 0 Å². The van der Waals surface area contributed by atoms with E-state index in [1.807, 2.05) is 0 Å². The van der Waals surface area contributed by atoms with Crippen LogP contribution in [-0.2, 0) is 0 Å². The highest BCUT2D eigenvalue weighted by atomic mass is 32.1. The molecule has 0 aliphatic rings. The molecule has 2 N–H and O–H groups in total. The molecular weight excluding hydrogens is 144 g/mol. The standard InChI is InChI=1S/C4H10O2S2/c1-3(5,7)4(2,6)8/h5-8H,1-2H3. The Labute approximate surface area is 59.7 Å². The molecule has 0 saturated heterocycles. The third-order valence-electron chi connectivity index (χ3n) is 0.897. The zero-order valence-corrected chi connectivity index (χ0v) is 6.58. The number of hydrogen-bond donors (Lipinski definition) is 4. The summed E-state index contributed by atoms with van der Waals surface area (Å²) in [6, 6.07) is 0. The highest BCUT2D eigenvalue weighted by Crippen LogP contribution is 2.28. The molecule has 0 saturated carbocycles. The van der Waals surface area contributed by atoms with Gasteiger partial charge in [0.25, 0.3) is 0 Å². The Morgan fingerprint density at radius 1 is 1.00 bits per heavy atom. The van der Waals surface area contributed by atoms with Crippen molar-refractivity contribution in [1.29, 1.82) is 0 Å². The average Bonchev–Trinajstić information content (AvgIpc) is 1.25. The Hall–Kier alpha value is 0.620. The van der Waals surface area contributed by atoms with Gasteiger partial charge < -0.3 is 10.2 Å². The van der Waals surface area contributed by atoms with Crippen LogP contribution in [0.3, 0.4) is 0 Å². The molecule has 0 heterocycles. The first kappa shape index (κ1) is 8.62. The van der Waals surface area contributed by atoms with Crippen LogP contribution in [0, 0.1) is 0 Å². The fourth-order valence-electron chi connectivity index (χ4n) is 0. The second kappa shape index (κ2) is 2.10. The van der Waals surface area contributed by atoms with Crippen LogP contribution in [0.25, 0.3) is 0 Å². The molecule has 0 aromatic carbocycles. The molecule has 0 aromatic rings. The number of rotatable bonds is 1. The summed E-state index contributed by atoms with van der Waals surface area (Å²) in [7, 11) is 0. The first-order valence-electron chi connectivity index (χ1n) is 2.14. The van der Waals surface area contributed by atoms with Crippen LogP contribution in [0.15, 0.2) is 0 Å². The third-order valence-corrected chi connectivity index (χ3v) is 1.94. The number of hydrogen-bond acceptors (Lipinski definition) is 4. The van der Waals surface area contributed by atoms with E-state index in [0.717, 1.165) is 0 Å². The maximum atomic E-state index is 8.89. The predicted molar refractivity (Wildman–Crippen MR) is 39.2 cm³/mol. The van der Waals surface area contributed by atoms with Crippen molar-refractivity contribution in [2.75, 3.05) is 0 Å². The van der Waals surface area contributed by atoms with E-state index >= 15 is 0 Å². The van der Waals surface area contributed by atoms with Crippen molar-refractivity contribution >= 4 is 25.3 Å². The summed E-state index contributed by atoms with van der Waals surface area (Å²) < 4.78 is 0. The van der Waals surface area contributed by atoms with Gasteiger partial charge in [0.1, 0.15) is 9.87 Å². The molecule has 0 fully saturated rings. The minimum atomic E-state index is -1.45. The zero-order valence-electron chi connectivity index (χ0n) is 4.79. The van der Waals surface area contributed by atoms with Crippen LogP contribution in [-0.4, -0.2) is 20.1 Å². The Bertz CT molecular complexity index is 67.0. The Kier molecular flexibility index (Phi) is 2.26. The van der Waals surface area contributed by atoms with E-state index < -0.39 is 9.87 Å². The quantitative estimate of drug-likeness (QED) is 0.323. The van der Waals surface area contributed by atoms with Crippen molar-refractivity contribution in [3.05, 3.63) is 0 Å². The normalized spacial score (nSPS) is 26.2. The summed E-state index contributed by atoms with van der Waals surface area (Å²) in [5.74, 6) is 0. The van der Waals surface area contributed by atoms with Gasteiger partial charge >= 0.3 is 0 Å². The average molecular weight is 154 g/mol.